The number of imidazole rings is 1. The van der Waals surface area contributed by atoms with Gasteiger partial charge >= 0.3 is 5.97 Å². The van der Waals surface area contributed by atoms with Crippen LogP contribution in [0.4, 0.5) is 0 Å². The second-order valence-corrected chi connectivity index (χ2v) is 7.05. The minimum absolute atomic E-state index is 0.0236. The number of carbonyl (C=O) groups excluding carboxylic acids is 1. The number of fused-ring (bicyclic) bond motifs is 1. The van der Waals surface area contributed by atoms with Gasteiger partial charge < -0.3 is 4.74 Å². The molecular weight excluding hydrogens is 352 g/mol. The second-order valence-electron chi connectivity index (χ2n) is 3.99. The van der Waals surface area contributed by atoms with E-state index in [0.29, 0.717) is 0 Å². The number of thiophene rings is 1. The van der Waals surface area contributed by atoms with Crippen molar-refractivity contribution in [3.05, 3.63) is 34.1 Å². The number of nitrogens with zero attached hydrogens (tertiary/aromatic N) is 4. The van der Waals surface area contributed by atoms with E-state index in [1.54, 1.807) is 0 Å². The van der Waals surface area contributed by atoms with Crippen LogP contribution in [0.15, 0.2) is 29.0 Å². The van der Waals surface area contributed by atoms with E-state index < -0.39 is 16.0 Å². The monoisotopic (exact) mass is 358 g/mol. The maximum Gasteiger partial charge on any atom is 0.349 e. The minimum atomic E-state index is -4.07. The average Bonchev–Trinajstić information content (AvgIpc) is 3.14. The molecule has 0 unspecified atom stereocenters. The molecule has 0 saturated heterocycles. The summed E-state index contributed by atoms with van der Waals surface area (Å²) in [6.07, 6.45) is 2.20. The number of ether oxygens (including phenoxy) is 1. The highest BCUT2D eigenvalue weighted by molar-refractivity contribution is 7.90. The molecule has 8 nitrogen and oxygen atoms in total. The highest BCUT2D eigenvalue weighted by Gasteiger charge is 2.28. The fourth-order valence-corrected chi connectivity index (χ4v) is 4.54. The van der Waals surface area contributed by atoms with Gasteiger partial charge in [-0.1, -0.05) is 11.6 Å². The first-order chi connectivity index (χ1) is 10.5. The van der Waals surface area contributed by atoms with E-state index in [2.05, 4.69) is 19.7 Å². The lowest BCUT2D eigenvalue weighted by atomic mass is 10.5. The van der Waals surface area contributed by atoms with Gasteiger partial charge in [-0.15, -0.1) is 11.3 Å². The van der Waals surface area contributed by atoms with Crippen molar-refractivity contribution in [2.24, 2.45) is 0 Å². The zero-order valence-corrected chi connectivity index (χ0v) is 13.3. The van der Waals surface area contributed by atoms with Crippen LogP contribution in [0.2, 0.25) is 5.15 Å². The lowest BCUT2D eigenvalue weighted by Gasteiger charge is -2.06. The van der Waals surface area contributed by atoms with E-state index in [1.807, 2.05) is 0 Å². The normalized spacial score (nSPS) is 11.7. The Hall–Kier alpha value is -2.04. The number of carbonyl (C=O) groups is 1. The first kappa shape index (κ1) is 14.9. The molecule has 3 heterocycles. The Morgan fingerprint density at radius 3 is 2.86 bits per heavy atom. The molecule has 0 N–H and O–H groups in total. The highest BCUT2D eigenvalue weighted by atomic mass is 35.5. The molecule has 0 aliphatic rings. The zero-order valence-electron chi connectivity index (χ0n) is 10.9. The summed E-state index contributed by atoms with van der Waals surface area (Å²) in [5.74, 6) is -0.731. The van der Waals surface area contributed by atoms with Gasteiger partial charge in [0.05, 0.1) is 7.11 Å². The summed E-state index contributed by atoms with van der Waals surface area (Å²) in [6, 6.07) is 1.32. The average molecular weight is 359 g/mol. The first-order valence-electron chi connectivity index (χ1n) is 5.71. The van der Waals surface area contributed by atoms with Crippen molar-refractivity contribution in [3.63, 3.8) is 0 Å². The summed E-state index contributed by atoms with van der Waals surface area (Å²) in [5, 5.41) is 1.53. The van der Waals surface area contributed by atoms with Crippen LogP contribution in [-0.2, 0) is 14.8 Å². The molecule has 0 saturated carbocycles. The van der Waals surface area contributed by atoms with Gasteiger partial charge in [0.2, 0.25) is 0 Å². The smallest absolute Gasteiger partial charge is 0.349 e. The molecule has 3 aromatic rings. The summed E-state index contributed by atoms with van der Waals surface area (Å²) in [7, 11) is -2.89. The van der Waals surface area contributed by atoms with Crippen LogP contribution in [0, 0.1) is 0 Å². The van der Waals surface area contributed by atoms with Gasteiger partial charge in [0, 0.05) is 0 Å². The van der Waals surface area contributed by atoms with Crippen molar-refractivity contribution in [1.82, 2.24) is 18.9 Å². The Morgan fingerprint density at radius 2 is 2.14 bits per heavy atom. The highest BCUT2D eigenvalue weighted by Crippen LogP contribution is 2.27. The van der Waals surface area contributed by atoms with Gasteiger partial charge in [-0.3, -0.25) is 0 Å². The summed E-state index contributed by atoms with van der Waals surface area (Å²) in [4.78, 5) is 23.0. The molecule has 0 aliphatic carbocycles. The predicted octanol–water partition coefficient (Wildman–Crippen LogP) is 1.56. The van der Waals surface area contributed by atoms with E-state index in [4.69, 9.17) is 11.6 Å². The van der Waals surface area contributed by atoms with Crippen molar-refractivity contribution in [1.29, 1.82) is 0 Å². The molecular formula is C11H7ClN4O4S2. The van der Waals surface area contributed by atoms with Gasteiger partial charge in [0.15, 0.2) is 10.8 Å². The molecule has 0 aromatic carbocycles. The van der Waals surface area contributed by atoms with Crippen molar-refractivity contribution in [2.75, 3.05) is 7.11 Å². The molecule has 114 valence electrons. The number of hydrogen-bond acceptors (Lipinski definition) is 8. The molecule has 0 aliphatic heterocycles. The number of rotatable bonds is 3. The SMILES string of the molecule is COC(=O)c1sccc1S(=O)(=O)n1cnc2c(Cl)ncnc21. The number of halogens is 1. The lowest BCUT2D eigenvalue weighted by Crippen LogP contribution is -2.15. The largest absolute Gasteiger partial charge is 0.465 e. The quantitative estimate of drug-likeness (QED) is 0.517. The summed E-state index contributed by atoms with van der Waals surface area (Å²) in [5.41, 5.74) is 0.185. The second kappa shape index (κ2) is 5.30. The van der Waals surface area contributed by atoms with Crippen molar-refractivity contribution < 1.29 is 17.9 Å². The molecule has 0 amide bonds. The van der Waals surface area contributed by atoms with E-state index in [9.17, 15) is 13.2 Å². The van der Waals surface area contributed by atoms with Crippen LogP contribution in [0.5, 0.6) is 0 Å². The van der Waals surface area contributed by atoms with E-state index >= 15 is 0 Å². The fraction of sp³-hybridized carbons (Fsp3) is 0.0909. The van der Waals surface area contributed by atoms with Crippen LogP contribution in [0.25, 0.3) is 11.2 Å². The topological polar surface area (TPSA) is 104 Å². The lowest BCUT2D eigenvalue weighted by molar-refractivity contribution is 0.0602. The Bertz CT molecular complexity index is 979. The van der Waals surface area contributed by atoms with Crippen molar-refractivity contribution >= 4 is 50.1 Å². The Labute approximate surface area is 133 Å². The first-order valence-corrected chi connectivity index (χ1v) is 8.41. The van der Waals surface area contributed by atoms with Gasteiger partial charge in [0.1, 0.15) is 27.9 Å². The summed E-state index contributed by atoms with van der Waals surface area (Å²) < 4.78 is 30.9. The standard InChI is InChI=1S/C11H7ClN4O4S2/c1-20-11(17)8-6(2-3-21-8)22(18,19)16-5-15-7-9(12)13-4-14-10(7)16/h2-5H,1H3. The van der Waals surface area contributed by atoms with Crippen LogP contribution < -0.4 is 0 Å². The number of methoxy groups -OCH3 is 1. The van der Waals surface area contributed by atoms with E-state index in [-0.39, 0.29) is 26.1 Å². The minimum Gasteiger partial charge on any atom is -0.465 e. The molecule has 0 bridgehead atoms. The van der Waals surface area contributed by atoms with Crippen molar-refractivity contribution in [2.45, 2.75) is 4.90 Å². The maximum absolute atomic E-state index is 12.7. The molecule has 3 aromatic heterocycles. The Morgan fingerprint density at radius 1 is 1.36 bits per heavy atom. The molecule has 0 fully saturated rings. The molecule has 0 spiro atoms. The molecule has 11 heteroatoms. The zero-order chi connectivity index (χ0) is 15.9. The van der Waals surface area contributed by atoms with Gasteiger partial charge in [-0.2, -0.15) is 0 Å². The number of esters is 1. The maximum atomic E-state index is 12.7. The van der Waals surface area contributed by atoms with Gasteiger partial charge in [0.25, 0.3) is 10.0 Å². The third kappa shape index (κ3) is 2.16. The molecule has 0 atom stereocenters. The molecule has 0 radical (unpaired) electrons. The third-order valence-electron chi connectivity index (χ3n) is 2.80. The molecule has 22 heavy (non-hydrogen) atoms. The number of aromatic nitrogens is 4. The van der Waals surface area contributed by atoms with E-state index in [0.717, 1.165) is 28.0 Å². The number of hydrogen-bond donors (Lipinski definition) is 0. The van der Waals surface area contributed by atoms with Crippen LogP contribution in [0.1, 0.15) is 9.67 Å². The fourth-order valence-electron chi connectivity index (χ4n) is 1.81. The Kier molecular flexibility index (Phi) is 3.59. The van der Waals surface area contributed by atoms with Crippen LogP contribution in [0.3, 0.4) is 0 Å². The summed E-state index contributed by atoms with van der Waals surface area (Å²) in [6.45, 7) is 0. The van der Waals surface area contributed by atoms with Crippen LogP contribution >= 0.6 is 22.9 Å². The van der Waals surface area contributed by atoms with Gasteiger partial charge in [-0.05, 0) is 11.4 Å². The summed E-state index contributed by atoms with van der Waals surface area (Å²) >= 11 is 6.82. The van der Waals surface area contributed by atoms with Crippen molar-refractivity contribution in [3.8, 4) is 0 Å². The molecule has 3 rings (SSSR count). The third-order valence-corrected chi connectivity index (χ3v) is 5.78. The van der Waals surface area contributed by atoms with Crippen LogP contribution in [-0.4, -0.2) is 40.4 Å². The predicted molar refractivity (Wildman–Crippen MR) is 78.6 cm³/mol. The Balaban J connectivity index is 2.24. The van der Waals surface area contributed by atoms with Gasteiger partial charge in [-0.25, -0.2) is 32.1 Å². The van der Waals surface area contributed by atoms with E-state index in [1.165, 1.54) is 18.6 Å².